The van der Waals surface area contributed by atoms with Gasteiger partial charge in [0.15, 0.2) is 0 Å². The van der Waals surface area contributed by atoms with Crippen molar-refractivity contribution in [2.75, 3.05) is 52.5 Å². The summed E-state index contributed by atoms with van der Waals surface area (Å²) in [5.74, 6) is 2.83. The molecule has 0 radical (unpaired) electrons. The van der Waals surface area contributed by atoms with E-state index in [0.29, 0.717) is 11.8 Å². The number of ether oxygens (including phenoxy) is 2. The minimum atomic E-state index is 0.440. The fraction of sp³-hybridized carbons (Fsp3) is 0.571. The summed E-state index contributed by atoms with van der Waals surface area (Å²) in [6.07, 6.45) is 5.33. The molecule has 2 heterocycles. The minimum Gasteiger partial charge on any atom is -0.492 e. The molecule has 2 aromatic rings. The first-order chi connectivity index (χ1) is 15.7. The Morgan fingerprint density at radius 2 is 0.938 bits per heavy atom. The van der Waals surface area contributed by atoms with Gasteiger partial charge < -0.3 is 9.47 Å². The van der Waals surface area contributed by atoms with Crippen molar-refractivity contribution in [3.05, 3.63) is 59.7 Å². The maximum Gasteiger partial charge on any atom is 0.119 e. The van der Waals surface area contributed by atoms with E-state index in [0.717, 1.165) is 37.8 Å². The number of benzene rings is 2. The Morgan fingerprint density at radius 1 is 0.594 bits per heavy atom. The minimum absolute atomic E-state index is 0.440. The van der Waals surface area contributed by atoms with Crippen LogP contribution in [-0.2, 0) is 0 Å². The molecule has 0 saturated carbocycles. The van der Waals surface area contributed by atoms with Crippen molar-refractivity contribution < 1.29 is 9.47 Å². The highest BCUT2D eigenvalue weighted by Crippen LogP contribution is 2.33. The van der Waals surface area contributed by atoms with Crippen molar-refractivity contribution in [1.29, 1.82) is 0 Å². The monoisotopic (exact) mass is 436 g/mol. The standard InChI is InChI=1S/C28H40N2O2/c1-23(25-7-11-27(12-8-25)31-21-19-29-15-3-4-16-29)24(2)26-9-13-28(14-10-26)32-22-20-30-17-5-6-18-30/h7-14,23-24H,3-6,15-22H2,1-2H3/t23-,24+. The fourth-order valence-electron chi connectivity index (χ4n) is 4.91. The zero-order chi connectivity index (χ0) is 22.2. The molecule has 4 rings (SSSR count). The molecule has 0 aromatic heterocycles. The Kier molecular flexibility index (Phi) is 8.47. The summed E-state index contributed by atoms with van der Waals surface area (Å²) in [5, 5.41) is 0. The molecule has 2 atom stereocenters. The first-order valence-corrected chi connectivity index (χ1v) is 12.6. The summed E-state index contributed by atoms with van der Waals surface area (Å²) in [6.45, 7) is 13.2. The van der Waals surface area contributed by atoms with Crippen LogP contribution in [0, 0.1) is 0 Å². The predicted octanol–water partition coefficient (Wildman–Crippen LogP) is 5.54. The van der Waals surface area contributed by atoms with Gasteiger partial charge in [-0.2, -0.15) is 0 Å². The molecule has 2 fully saturated rings. The molecule has 4 heteroatoms. The van der Waals surface area contributed by atoms with Crippen molar-refractivity contribution >= 4 is 0 Å². The number of hydrogen-bond donors (Lipinski definition) is 0. The Balaban J connectivity index is 1.23. The number of rotatable bonds is 11. The smallest absolute Gasteiger partial charge is 0.119 e. The van der Waals surface area contributed by atoms with E-state index >= 15 is 0 Å². The van der Waals surface area contributed by atoms with Crippen LogP contribution in [0.2, 0.25) is 0 Å². The summed E-state index contributed by atoms with van der Waals surface area (Å²) in [7, 11) is 0. The zero-order valence-corrected chi connectivity index (χ0v) is 20.0. The molecule has 0 N–H and O–H groups in total. The third-order valence-electron chi connectivity index (χ3n) is 7.31. The molecule has 4 nitrogen and oxygen atoms in total. The van der Waals surface area contributed by atoms with Gasteiger partial charge in [0.05, 0.1) is 0 Å². The van der Waals surface area contributed by atoms with E-state index in [1.54, 1.807) is 0 Å². The van der Waals surface area contributed by atoms with Gasteiger partial charge in [-0.15, -0.1) is 0 Å². The van der Waals surface area contributed by atoms with E-state index in [-0.39, 0.29) is 0 Å². The third kappa shape index (κ3) is 6.49. The van der Waals surface area contributed by atoms with Crippen LogP contribution in [0.25, 0.3) is 0 Å². The highest BCUT2D eigenvalue weighted by atomic mass is 16.5. The van der Waals surface area contributed by atoms with Crippen LogP contribution in [0.1, 0.15) is 62.5 Å². The lowest BCUT2D eigenvalue weighted by atomic mass is 9.84. The third-order valence-corrected chi connectivity index (χ3v) is 7.31. The Hall–Kier alpha value is -2.04. The van der Waals surface area contributed by atoms with Crippen molar-refractivity contribution in [3.63, 3.8) is 0 Å². The van der Waals surface area contributed by atoms with Crippen LogP contribution < -0.4 is 9.47 Å². The summed E-state index contributed by atoms with van der Waals surface area (Å²) in [5.41, 5.74) is 2.71. The molecular formula is C28H40N2O2. The number of likely N-dealkylation sites (tertiary alicyclic amines) is 2. The topological polar surface area (TPSA) is 24.9 Å². The Morgan fingerprint density at radius 3 is 1.28 bits per heavy atom. The van der Waals surface area contributed by atoms with Crippen LogP contribution in [0.4, 0.5) is 0 Å². The van der Waals surface area contributed by atoms with E-state index in [4.69, 9.17) is 9.47 Å². The normalized spacial score (nSPS) is 19.2. The molecule has 174 valence electrons. The van der Waals surface area contributed by atoms with E-state index in [9.17, 15) is 0 Å². The van der Waals surface area contributed by atoms with Crippen LogP contribution in [0.15, 0.2) is 48.5 Å². The molecule has 2 aliphatic rings. The number of nitrogens with zero attached hydrogens (tertiary/aromatic N) is 2. The summed E-state index contributed by atoms with van der Waals surface area (Å²) in [4.78, 5) is 4.98. The van der Waals surface area contributed by atoms with Gasteiger partial charge in [-0.25, -0.2) is 0 Å². The molecule has 0 spiro atoms. The van der Waals surface area contributed by atoms with E-state index in [1.807, 2.05) is 0 Å². The van der Waals surface area contributed by atoms with Gasteiger partial charge >= 0.3 is 0 Å². The van der Waals surface area contributed by atoms with Gasteiger partial charge in [0, 0.05) is 13.1 Å². The highest BCUT2D eigenvalue weighted by Gasteiger charge is 2.17. The summed E-state index contributed by atoms with van der Waals surface area (Å²) in [6, 6.07) is 17.4. The molecule has 0 amide bonds. The molecule has 0 bridgehead atoms. The summed E-state index contributed by atoms with van der Waals surface area (Å²) >= 11 is 0. The molecule has 32 heavy (non-hydrogen) atoms. The van der Waals surface area contributed by atoms with Gasteiger partial charge in [-0.1, -0.05) is 38.1 Å². The van der Waals surface area contributed by atoms with Gasteiger partial charge in [-0.3, -0.25) is 9.80 Å². The van der Waals surface area contributed by atoms with Crippen molar-refractivity contribution in [2.24, 2.45) is 0 Å². The fourth-order valence-corrected chi connectivity index (χ4v) is 4.91. The van der Waals surface area contributed by atoms with Crippen molar-refractivity contribution in [2.45, 2.75) is 51.4 Å². The van der Waals surface area contributed by atoms with Gasteiger partial charge in [0.2, 0.25) is 0 Å². The lowest BCUT2D eigenvalue weighted by molar-refractivity contribution is 0.237. The second-order valence-electron chi connectivity index (χ2n) is 9.51. The Labute approximate surface area is 194 Å². The van der Waals surface area contributed by atoms with E-state index in [2.05, 4.69) is 72.2 Å². The van der Waals surface area contributed by atoms with Crippen molar-refractivity contribution in [1.82, 2.24) is 9.80 Å². The maximum atomic E-state index is 5.97. The van der Waals surface area contributed by atoms with Gasteiger partial charge in [0.25, 0.3) is 0 Å². The molecule has 0 unspecified atom stereocenters. The first-order valence-electron chi connectivity index (χ1n) is 12.6. The zero-order valence-electron chi connectivity index (χ0n) is 20.0. The van der Waals surface area contributed by atoms with Gasteiger partial charge in [-0.05, 0) is 99.1 Å². The molecule has 0 aliphatic carbocycles. The first kappa shape index (κ1) is 23.1. The second kappa shape index (κ2) is 11.7. The quantitative estimate of drug-likeness (QED) is 0.461. The lowest BCUT2D eigenvalue weighted by Gasteiger charge is -2.22. The van der Waals surface area contributed by atoms with Crippen molar-refractivity contribution in [3.8, 4) is 11.5 Å². The van der Waals surface area contributed by atoms with Crippen LogP contribution in [-0.4, -0.2) is 62.3 Å². The second-order valence-corrected chi connectivity index (χ2v) is 9.51. The Bertz CT molecular complexity index is 724. The largest absolute Gasteiger partial charge is 0.492 e. The molecule has 2 saturated heterocycles. The van der Waals surface area contributed by atoms with E-state index < -0.39 is 0 Å². The molecule has 2 aromatic carbocycles. The molecular weight excluding hydrogens is 396 g/mol. The predicted molar refractivity (Wildman–Crippen MR) is 132 cm³/mol. The average molecular weight is 437 g/mol. The lowest BCUT2D eigenvalue weighted by Crippen LogP contribution is -2.25. The number of hydrogen-bond acceptors (Lipinski definition) is 4. The SMILES string of the molecule is C[C@H](c1ccc(OCCN2CCCC2)cc1)[C@@H](C)c1ccc(OCCN2CCCC2)cc1. The van der Waals surface area contributed by atoms with Crippen LogP contribution >= 0.6 is 0 Å². The van der Waals surface area contributed by atoms with E-state index in [1.165, 1.54) is 63.0 Å². The maximum absolute atomic E-state index is 5.97. The highest BCUT2D eigenvalue weighted by molar-refractivity contribution is 5.34. The summed E-state index contributed by atoms with van der Waals surface area (Å²) < 4.78 is 11.9. The average Bonchev–Trinajstić information content (AvgIpc) is 3.54. The van der Waals surface area contributed by atoms with Gasteiger partial charge in [0.1, 0.15) is 24.7 Å². The van der Waals surface area contributed by atoms with Crippen LogP contribution in [0.5, 0.6) is 11.5 Å². The molecule has 2 aliphatic heterocycles. The van der Waals surface area contributed by atoms with Crippen LogP contribution in [0.3, 0.4) is 0 Å².